The van der Waals surface area contributed by atoms with Gasteiger partial charge in [-0.1, -0.05) is 0 Å². The van der Waals surface area contributed by atoms with Crippen LogP contribution >= 0.6 is 0 Å². The highest BCUT2D eigenvalue weighted by atomic mass is 16.5. The molecule has 0 saturated heterocycles. The summed E-state index contributed by atoms with van der Waals surface area (Å²) < 4.78 is 10.7. The number of unbranched alkanes of at least 4 members (excludes halogenated alkanes) is 1. The Morgan fingerprint density at radius 3 is 2.70 bits per heavy atom. The molecule has 4 heteroatoms. The quantitative estimate of drug-likeness (QED) is 0.537. The second-order valence-electron chi connectivity index (χ2n) is 5.32. The largest absolute Gasteiger partial charge is 0.497 e. The first-order valence-corrected chi connectivity index (χ1v) is 6.69. The van der Waals surface area contributed by atoms with E-state index in [0.717, 1.165) is 25.5 Å². The van der Waals surface area contributed by atoms with Gasteiger partial charge < -0.3 is 9.47 Å². The summed E-state index contributed by atoms with van der Waals surface area (Å²) in [7, 11) is 1.56. The van der Waals surface area contributed by atoms with Crippen molar-refractivity contribution in [2.75, 3.05) is 13.7 Å². The lowest BCUT2D eigenvalue weighted by Gasteiger charge is -2.14. The molecule has 0 saturated carbocycles. The number of rotatable bonds is 8. The van der Waals surface area contributed by atoms with Crippen molar-refractivity contribution in [2.24, 2.45) is 5.41 Å². The van der Waals surface area contributed by atoms with Crippen LogP contribution in [-0.4, -0.2) is 20.0 Å². The minimum Gasteiger partial charge on any atom is -0.497 e. The predicted molar refractivity (Wildman–Crippen MR) is 77.1 cm³/mol. The summed E-state index contributed by atoms with van der Waals surface area (Å²) in [4.78, 5) is 11.0. The number of nitrogens with zero attached hydrogens (tertiary/aromatic N) is 1. The molecule has 0 spiro atoms. The maximum absolute atomic E-state index is 11.0. The molecule has 0 radical (unpaired) electrons. The molecule has 0 heterocycles. The highest BCUT2D eigenvalue weighted by molar-refractivity contribution is 5.80. The third-order valence-electron chi connectivity index (χ3n) is 3.10. The summed E-state index contributed by atoms with van der Waals surface area (Å²) in [5.74, 6) is 1.20. The summed E-state index contributed by atoms with van der Waals surface area (Å²) in [5, 5.41) is 8.91. The number of ether oxygens (including phenoxy) is 2. The summed E-state index contributed by atoms with van der Waals surface area (Å²) in [6, 6.07) is 7.44. The van der Waals surface area contributed by atoms with E-state index < -0.39 is 0 Å². The zero-order valence-corrected chi connectivity index (χ0v) is 12.3. The second kappa shape index (κ2) is 7.54. The number of carbonyl (C=O) groups excluding carboxylic acids is 1. The summed E-state index contributed by atoms with van der Waals surface area (Å²) in [5.41, 5.74) is 0.204. The van der Waals surface area contributed by atoms with Crippen molar-refractivity contribution in [1.82, 2.24) is 0 Å². The molecule has 0 fully saturated rings. The van der Waals surface area contributed by atoms with E-state index in [-0.39, 0.29) is 5.41 Å². The highest BCUT2D eigenvalue weighted by Crippen LogP contribution is 2.24. The lowest BCUT2D eigenvalue weighted by Crippen LogP contribution is -2.08. The van der Waals surface area contributed by atoms with Gasteiger partial charge in [-0.3, -0.25) is 4.79 Å². The molecular weight excluding hydrogens is 254 g/mol. The van der Waals surface area contributed by atoms with Crippen LogP contribution in [0.15, 0.2) is 18.2 Å². The maximum Gasteiger partial charge on any atom is 0.153 e. The lowest BCUT2D eigenvalue weighted by atomic mass is 9.89. The van der Waals surface area contributed by atoms with Crippen LogP contribution in [0.2, 0.25) is 0 Å². The third kappa shape index (κ3) is 4.93. The van der Waals surface area contributed by atoms with Crippen molar-refractivity contribution in [2.45, 2.75) is 33.1 Å². The van der Waals surface area contributed by atoms with Gasteiger partial charge in [0, 0.05) is 0 Å². The first kappa shape index (κ1) is 16.0. The van der Waals surface area contributed by atoms with E-state index in [2.05, 4.69) is 6.07 Å². The number of aldehydes is 1. The second-order valence-corrected chi connectivity index (χ2v) is 5.32. The SMILES string of the molecule is COc1ccc(OCCCCC(C)(C)C#N)c(C=O)c1. The van der Waals surface area contributed by atoms with Crippen molar-refractivity contribution < 1.29 is 14.3 Å². The van der Waals surface area contributed by atoms with Gasteiger partial charge in [-0.05, 0) is 51.3 Å². The van der Waals surface area contributed by atoms with Gasteiger partial charge in [0.2, 0.25) is 0 Å². The van der Waals surface area contributed by atoms with Crippen LogP contribution in [0.25, 0.3) is 0 Å². The van der Waals surface area contributed by atoms with Crippen LogP contribution in [0.1, 0.15) is 43.5 Å². The minimum absolute atomic E-state index is 0.284. The Morgan fingerprint density at radius 1 is 1.35 bits per heavy atom. The van der Waals surface area contributed by atoms with Gasteiger partial charge in [-0.2, -0.15) is 5.26 Å². The zero-order chi connectivity index (χ0) is 15.0. The summed E-state index contributed by atoms with van der Waals surface area (Å²) >= 11 is 0. The summed E-state index contributed by atoms with van der Waals surface area (Å²) in [6.45, 7) is 4.40. The fourth-order valence-corrected chi connectivity index (χ4v) is 1.78. The maximum atomic E-state index is 11.0. The first-order valence-electron chi connectivity index (χ1n) is 6.69. The van der Waals surface area contributed by atoms with Crippen molar-refractivity contribution in [1.29, 1.82) is 5.26 Å². The number of nitriles is 1. The summed E-state index contributed by atoms with van der Waals surface area (Å²) in [6.07, 6.45) is 3.38. The lowest BCUT2D eigenvalue weighted by molar-refractivity contribution is 0.111. The molecular formula is C16H21NO3. The fourth-order valence-electron chi connectivity index (χ4n) is 1.78. The minimum atomic E-state index is -0.284. The van der Waals surface area contributed by atoms with E-state index in [9.17, 15) is 4.79 Å². The standard InChI is InChI=1S/C16H21NO3/c1-16(2,12-17)8-4-5-9-20-15-7-6-14(19-3)10-13(15)11-18/h6-7,10-11H,4-5,8-9H2,1-3H3. The third-order valence-corrected chi connectivity index (χ3v) is 3.10. The predicted octanol–water partition coefficient (Wildman–Crippen LogP) is 3.61. The van der Waals surface area contributed by atoms with Crippen LogP contribution in [0.5, 0.6) is 11.5 Å². The van der Waals surface area contributed by atoms with E-state index >= 15 is 0 Å². The molecule has 4 nitrogen and oxygen atoms in total. The zero-order valence-electron chi connectivity index (χ0n) is 12.3. The van der Waals surface area contributed by atoms with Gasteiger partial charge in [0.25, 0.3) is 0 Å². The van der Waals surface area contributed by atoms with E-state index in [4.69, 9.17) is 14.7 Å². The molecule has 0 aliphatic rings. The molecule has 1 rings (SSSR count). The Kier molecular flexibility index (Phi) is 6.05. The van der Waals surface area contributed by atoms with E-state index in [1.807, 2.05) is 13.8 Å². The Morgan fingerprint density at radius 2 is 2.10 bits per heavy atom. The van der Waals surface area contributed by atoms with Gasteiger partial charge >= 0.3 is 0 Å². The van der Waals surface area contributed by atoms with Crippen LogP contribution in [0.4, 0.5) is 0 Å². The molecule has 1 aromatic rings. The molecule has 0 aliphatic heterocycles. The normalized spacial score (nSPS) is 10.7. The molecule has 1 aromatic carbocycles. The molecule has 0 N–H and O–H groups in total. The molecule has 0 bridgehead atoms. The molecule has 108 valence electrons. The highest BCUT2D eigenvalue weighted by Gasteiger charge is 2.15. The molecule has 0 aliphatic carbocycles. The number of benzene rings is 1. The van der Waals surface area contributed by atoms with E-state index in [1.165, 1.54) is 0 Å². The average Bonchev–Trinajstić information content (AvgIpc) is 2.46. The molecule has 0 atom stereocenters. The number of hydrogen-bond donors (Lipinski definition) is 0. The molecule has 0 aromatic heterocycles. The average molecular weight is 275 g/mol. The molecule has 0 unspecified atom stereocenters. The Labute approximate surface area is 120 Å². The fraction of sp³-hybridized carbons (Fsp3) is 0.500. The monoisotopic (exact) mass is 275 g/mol. The van der Waals surface area contributed by atoms with Gasteiger partial charge in [0.1, 0.15) is 11.5 Å². The number of hydrogen-bond acceptors (Lipinski definition) is 4. The van der Waals surface area contributed by atoms with Crippen LogP contribution in [0.3, 0.4) is 0 Å². The van der Waals surface area contributed by atoms with E-state index in [0.29, 0.717) is 23.7 Å². The van der Waals surface area contributed by atoms with Crippen LogP contribution in [-0.2, 0) is 0 Å². The van der Waals surface area contributed by atoms with Gasteiger partial charge in [0.15, 0.2) is 6.29 Å². The van der Waals surface area contributed by atoms with Gasteiger partial charge in [0.05, 0.1) is 30.8 Å². The topological polar surface area (TPSA) is 59.3 Å². The van der Waals surface area contributed by atoms with Gasteiger partial charge in [-0.25, -0.2) is 0 Å². The Bertz CT molecular complexity index is 489. The number of methoxy groups -OCH3 is 1. The molecule has 20 heavy (non-hydrogen) atoms. The smallest absolute Gasteiger partial charge is 0.153 e. The van der Waals surface area contributed by atoms with Crippen molar-refractivity contribution in [3.05, 3.63) is 23.8 Å². The molecule has 0 amide bonds. The van der Waals surface area contributed by atoms with Crippen LogP contribution < -0.4 is 9.47 Å². The van der Waals surface area contributed by atoms with Crippen LogP contribution in [0, 0.1) is 16.7 Å². The van der Waals surface area contributed by atoms with Crippen molar-refractivity contribution >= 4 is 6.29 Å². The van der Waals surface area contributed by atoms with Gasteiger partial charge in [-0.15, -0.1) is 0 Å². The Hall–Kier alpha value is -2.02. The first-order chi connectivity index (χ1) is 9.52. The van der Waals surface area contributed by atoms with Crippen molar-refractivity contribution in [3.63, 3.8) is 0 Å². The van der Waals surface area contributed by atoms with Crippen molar-refractivity contribution in [3.8, 4) is 17.6 Å². The van der Waals surface area contributed by atoms with E-state index in [1.54, 1.807) is 25.3 Å². The number of carbonyl (C=O) groups is 1. The Balaban J connectivity index is 2.43.